The van der Waals surface area contributed by atoms with Crippen LogP contribution in [-0.2, 0) is 6.42 Å². The predicted molar refractivity (Wildman–Crippen MR) is 113 cm³/mol. The minimum Gasteiger partial charge on any atom is -0.371 e. The topological polar surface area (TPSA) is 35.6 Å². The molecule has 146 valence electrons. The molecule has 4 aliphatic rings. The molecule has 2 aromatic rings. The normalized spacial score (nSPS) is 28.2. The summed E-state index contributed by atoms with van der Waals surface area (Å²) in [4.78, 5) is 17.6. The number of rotatable bonds is 5. The SMILES string of the molecule is O=C(NC[C@H]1C[C@H]2CCN1C[C@@H]2CN1CCc2ccccc21)c1ccccc1. The van der Waals surface area contributed by atoms with Gasteiger partial charge in [0, 0.05) is 43.5 Å². The van der Waals surface area contributed by atoms with E-state index in [2.05, 4.69) is 39.4 Å². The van der Waals surface area contributed by atoms with Crippen LogP contribution in [0.25, 0.3) is 0 Å². The van der Waals surface area contributed by atoms with Crippen LogP contribution in [0.3, 0.4) is 0 Å². The summed E-state index contributed by atoms with van der Waals surface area (Å²) in [5.74, 6) is 1.59. The molecule has 4 heteroatoms. The molecular formula is C24H29N3O. The molecule has 4 heterocycles. The Morgan fingerprint density at radius 2 is 1.86 bits per heavy atom. The standard InChI is InChI=1S/C24H29N3O/c28-24(19-7-2-1-3-8-19)25-15-22-14-20-11-12-26(22)16-21(20)17-27-13-10-18-6-4-5-9-23(18)27/h1-9,20-22H,10-17H2,(H,25,28)/t20-,21-,22-/m1/s1. The van der Waals surface area contributed by atoms with E-state index in [4.69, 9.17) is 0 Å². The van der Waals surface area contributed by atoms with Gasteiger partial charge in [-0.2, -0.15) is 0 Å². The van der Waals surface area contributed by atoms with Gasteiger partial charge in [-0.05, 0) is 61.4 Å². The van der Waals surface area contributed by atoms with Gasteiger partial charge in [0.05, 0.1) is 0 Å². The van der Waals surface area contributed by atoms with Crippen molar-refractivity contribution in [1.82, 2.24) is 10.2 Å². The zero-order valence-corrected chi connectivity index (χ0v) is 16.4. The first-order chi connectivity index (χ1) is 13.8. The Hall–Kier alpha value is -2.33. The maximum atomic E-state index is 12.4. The lowest BCUT2D eigenvalue weighted by Crippen LogP contribution is -2.58. The first kappa shape index (κ1) is 17.7. The van der Waals surface area contributed by atoms with Crippen molar-refractivity contribution in [2.24, 2.45) is 11.8 Å². The Bertz CT molecular complexity index is 837. The Labute approximate surface area is 167 Å². The highest BCUT2D eigenvalue weighted by Crippen LogP contribution is 2.38. The maximum absolute atomic E-state index is 12.4. The van der Waals surface area contributed by atoms with Gasteiger partial charge in [-0.25, -0.2) is 0 Å². The van der Waals surface area contributed by atoms with Crippen molar-refractivity contribution < 1.29 is 4.79 Å². The molecule has 1 amide bonds. The van der Waals surface area contributed by atoms with Crippen LogP contribution < -0.4 is 10.2 Å². The van der Waals surface area contributed by atoms with Gasteiger partial charge in [0.2, 0.25) is 0 Å². The largest absolute Gasteiger partial charge is 0.371 e. The summed E-state index contributed by atoms with van der Waals surface area (Å²) < 4.78 is 0. The number of carbonyl (C=O) groups is 1. The monoisotopic (exact) mass is 375 g/mol. The summed E-state index contributed by atoms with van der Waals surface area (Å²) in [5, 5.41) is 3.16. The zero-order chi connectivity index (χ0) is 18.9. The van der Waals surface area contributed by atoms with E-state index >= 15 is 0 Å². The van der Waals surface area contributed by atoms with Crippen LogP contribution in [0.15, 0.2) is 54.6 Å². The number of piperidine rings is 3. The van der Waals surface area contributed by atoms with Gasteiger partial charge in [-0.1, -0.05) is 36.4 Å². The molecule has 3 fully saturated rings. The first-order valence-corrected chi connectivity index (χ1v) is 10.7. The molecule has 28 heavy (non-hydrogen) atoms. The van der Waals surface area contributed by atoms with E-state index in [1.165, 1.54) is 56.7 Å². The molecular weight excluding hydrogens is 346 g/mol. The lowest BCUT2D eigenvalue weighted by atomic mass is 9.75. The van der Waals surface area contributed by atoms with Crippen LogP contribution in [0.4, 0.5) is 5.69 Å². The summed E-state index contributed by atoms with van der Waals surface area (Å²) in [6.07, 6.45) is 3.71. The van der Waals surface area contributed by atoms with Crippen LogP contribution >= 0.6 is 0 Å². The second-order valence-corrected chi connectivity index (χ2v) is 8.59. The van der Waals surface area contributed by atoms with Crippen LogP contribution in [0.2, 0.25) is 0 Å². The highest BCUT2D eigenvalue weighted by molar-refractivity contribution is 5.94. The number of hydrogen-bond acceptors (Lipinski definition) is 3. The maximum Gasteiger partial charge on any atom is 0.251 e. The molecule has 1 unspecified atom stereocenters. The third-order valence-electron chi connectivity index (χ3n) is 6.99. The van der Waals surface area contributed by atoms with Gasteiger partial charge in [-0.3, -0.25) is 9.69 Å². The summed E-state index contributed by atoms with van der Waals surface area (Å²) in [7, 11) is 0. The van der Waals surface area contributed by atoms with E-state index in [-0.39, 0.29) is 5.91 Å². The lowest BCUT2D eigenvalue weighted by Gasteiger charge is -2.51. The molecule has 0 spiro atoms. The van der Waals surface area contributed by atoms with Gasteiger partial charge in [0.25, 0.3) is 5.91 Å². The van der Waals surface area contributed by atoms with E-state index in [1.54, 1.807) is 0 Å². The van der Waals surface area contributed by atoms with Crippen molar-refractivity contribution in [3.63, 3.8) is 0 Å². The van der Waals surface area contributed by atoms with Crippen molar-refractivity contribution >= 4 is 11.6 Å². The number of benzene rings is 2. The number of hydrogen-bond donors (Lipinski definition) is 1. The summed E-state index contributed by atoms with van der Waals surface area (Å²) in [6, 6.07) is 18.9. The first-order valence-electron chi connectivity index (χ1n) is 10.7. The molecule has 4 atom stereocenters. The van der Waals surface area contributed by atoms with Gasteiger partial charge >= 0.3 is 0 Å². The van der Waals surface area contributed by atoms with E-state index in [0.717, 1.165) is 23.9 Å². The third kappa shape index (κ3) is 3.42. The van der Waals surface area contributed by atoms with E-state index in [1.807, 2.05) is 30.3 Å². The van der Waals surface area contributed by atoms with Gasteiger partial charge in [0.15, 0.2) is 0 Å². The fourth-order valence-corrected chi connectivity index (χ4v) is 5.45. The van der Waals surface area contributed by atoms with Crippen molar-refractivity contribution in [3.05, 3.63) is 65.7 Å². The van der Waals surface area contributed by atoms with Crippen molar-refractivity contribution in [2.75, 3.05) is 37.6 Å². The summed E-state index contributed by atoms with van der Waals surface area (Å²) >= 11 is 0. The van der Waals surface area contributed by atoms with E-state index in [0.29, 0.717) is 6.04 Å². The van der Waals surface area contributed by atoms with Crippen molar-refractivity contribution in [1.29, 1.82) is 0 Å². The second-order valence-electron chi connectivity index (χ2n) is 8.59. The molecule has 6 rings (SSSR count). The quantitative estimate of drug-likeness (QED) is 0.872. The van der Waals surface area contributed by atoms with E-state index < -0.39 is 0 Å². The van der Waals surface area contributed by atoms with Crippen LogP contribution in [0.5, 0.6) is 0 Å². The molecule has 3 saturated heterocycles. The van der Waals surface area contributed by atoms with Crippen molar-refractivity contribution in [2.45, 2.75) is 25.3 Å². The molecule has 0 saturated carbocycles. The minimum atomic E-state index is 0.0495. The number of anilines is 1. The van der Waals surface area contributed by atoms with Gasteiger partial charge in [-0.15, -0.1) is 0 Å². The number of carbonyl (C=O) groups excluding carboxylic acids is 1. The average molecular weight is 376 g/mol. The molecule has 1 N–H and O–H groups in total. The predicted octanol–water partition coefficient (Wildman–Crippen LogP) is 3.19. The molecule has 4 nitrogen and oxygen atoms in total. The Morgan fingerprint density at radius 3 is 2.68 bits per heavy atom. The third-order valence-corrected chi connectivity index (χ3v) is 6.99. The van der Waals surface area contributed by atoms with Gasteiger partial charge < -0.3 is 10.2 Å². The second kappa shape index (κ2) is 7.59. The zero-order valence-electron chi connectivity index (χ0n) is 16.4. The molecule has 0 radical (unpaired) electrons. The Morgan fingerprint density at radius 1 is 1.04 bits per heavy atom. The van der Waals surface area contributed by atoms with Crippen LogP contribution in [0.1, 0.15) is 28.8 Å². The van der Waals surface area contributed by atoms with Crippen molar-refractivity contribution in [3.8, 4) is 0 Å². The summed E-state index contributed by atoms with van der Waals surface area (Å²) in [6.45, 7) is 5.47. The number of nitrogens with zero attached hydrogens (tertiary/aromatic N) is 2. The summed E-state index contributed by atoms with van der Waals surface area (Å²) in [5.41, 5.74) is 3.71. The Balaban J connectivity index is 1.17. The number of nitrogens with one attached hydrogen (secondary N) is 1. The smallest absolute Gasteiger partial charge is 0.251 e. The molecule has 2 aromatic carbocycles. The fraction of sp³-hybridized carbons (Fsp3) is 0.458. The lowest BCUT2D eigenvalue weighted by molar-refractivity contribution is 0.00495. The molecule has 0 aliphatic carbocycles. The van der Waals surface area contributed by atoms with E-state index in [9.17, 15) is 4.79 Å². The number of fused-ring (bicyclic) bond motifs is 4. The van der Waals surface area contributed by atoms with Gasteiger partial charge in [0.1, 0.15) is 0 Å². The molecule has 4 aliphatic heterocycles. The fourth-order valence-electron chi connectivity index (χ4n) is 5.45. The Kier molecular flexibility index (Phi) is 4.81. The highest BCUT2D eigenvalue weighted by atomic mass is 16.1. The minimum absolute atomic E-state index is 0.0495. The number of para-hydroxylation sites is 1. The average Bonchev–Trinajstić information content (AvgIpc) is 3.16. The molecule has 0 aromatic heterocycles. The van der Waals surface area contributed by atoms with Crippen LogP contribution in [-0.4, -0.2) is 49.6 Å². The van der Waals surface area contributed by atoms with Crippen LogP contribution in [0, 0.1) is 11.8 Å². The number of amides is 1. The molecule has 2 bridgehead atoms. The highest BCUT2D eigenvalue weighted by Gasteiger charge is 2.41.